The first-order chi connectivity index (χ1) is 16.5. The molecule has 0 spiro atoms. The van der Waals surface area contributed by atoms with Crippen molar-refractivity contribution < 1.29 is 33.3 Å². The van der Waals surface area contributed by atoms with E-state index in [9.17, 15) is 9.59 Å². The minimum atomic E-state index is -0.564. The summed E-state index contributed by atoms with van der Waals surface area (Å²) in [6.45, 7) is 0. The van der Waals surface area contributed by atoms with Crippen LogP contribution in [0.5, 0.6) is 28.7 Å². The van der Waals surface area contributed by atoms with Crippen LogP contribution in [0.2, 0.25) is 0 Å². The van der Waals surface area contributed by atoms with E-state index in [0.29, 0.717) is 34.1 Å². The Bertz CT molecular complexity index is 1170. The van der Waals surface area contributed by atoms with Crippen LogP contribution in [0.4, 0.5) is 0 Å². The third kappa shape index (κ3) is 5.60. The third-order valence-corrected chi connectivity index (χ3v) is 4.59. The Morgan fingerprint density at radius 3 is 2.15 bits per heavy atom. The smallest absolute Gasteiger partial charge is 0.345 e. The van der Waals surface area contributed by atoms with Gasteiger partial charge in [0.1, 0.15) is 0 Å². The highest BCUT2D eigenvalue weighted by Crippen LogP contribution is 2.38. The number of carbonyl (C=O) groups excluding carboxylic acids is 2. The third-order valence-electron chi connectivity index (χ3n) is 4.59. The molecule has 1 N–H and O–H groups in total. The fourth-order valence-corrected chi connectivity index (χ4v) is 2.93. The number of benzene rings is 2. The Kier molecular flexibility index (Phi) is 8.01. The molecular weight excluding hydrogens is 442 g/mol. The van der Waals surface area contributed by atoms with E-state index >= 15 is 0 Å². The fraction of sp³-hybridized carbons (Fsp3) is 0.167. The molecule has 0 aliphatic carbocycles. The molecule has 1 amide bonds. The zero-order chi connectivity index (χ0) is 24.5. The molecule has 0 atom stereocenters. The lowest BCUT2D eigenvalue weighted by atomic mass is 10.1. The Balaban J connectivity index is 1.71. The Labute approximate surface area is 196 Å². The van der Waals surface area contributed by atoms with Crippen molar-refractivity contribution in [2.24, 2.45) is 5.10 Å². The average Bonchev–Trinajstić information content (AvgIpc) is 2.88. The van der Waals surface area contributed by atoms with Crippen molar-refractivity contribution in [3.05, 3.63) is 71.5 Å². The second-order valence-electron chi connectivity index (χ2n) is 6.65. The topological polar surface area (TPSA) is 118 Å². The zero-order valence-corrected chi connectivity index (χ0v) is 19.0. The van der Waals surface area contributed by atoms with Gasteiger partial charge in [-0.3, -0.25) is 9.78 Å². The van der Waals surface area contributed by atoms with Crippen molar-refractivity contribution in [2.75, 3.05) is 28.4 Å². The number of nitrogens with zero attached hydrogens (tertiary/aromatic N) is 2. The van der Waals surface area contributed by atoms with Gasteiger partial charge >= 0.3 is 5.97 Å². The van der Waals surface area contributed by atoms with Gasteiger partial charge in [0.15, 0.2) is 23.0 Å². The minimum Gasteiger partial charge on any atom is -0.493 e. The molecule has 0 unspecified atom stereocenters. The molecular formula is C24H23N3O7. The number of esters is 1. The summed E-state index contributed by atoms with van der Waals surface area (Å²) in [6.07, 6.45) is 4.39. The molecule has 3 rings (SSSR count). The number of ether oxygens (including phenoxy) is 5. The summed E-state index contributed by atoms with van der Waals surface area (Å²) >= 11 is 0. The molecule has 1 heterocycles. The number of rotatable bonds is 9. The van der Waals surface area contributed by atoms with Crippen LogP contribution in [0, 0.1) is 0 Å². The first kappa shape index (κ1) is 24.1. The highest BCUT2D eigenvalue weighted by molar-refractivity contribution is 5.96. The highest BCUT2D eigenvalue weighted by atomic mass is 16.6. The lowest BCUT2D eigenvalue weighted by Crippen LogP contribution is -2.18. The number of hydrogen-bond acceptors (Lipinski definition) is 9. The van der Waals surface area contributed by atoms with Crippen LogP contribution in [0.3, 0.4) is 0 Å². The molecule has 0 fully saturated rings. The van der Waals surface area contributed by atoms with E-state index in [-0.39, 0.29) is 11.3 Å². The second kappa shape index (κ2) is 11.3. The summed E-state index contributed by atoms with van der Waals surface area (Å²) < 4.78 is 26.5. The van der Waals surface area contributed by atoms with E-state index in [1.54, 1.807) is 36.5 Å². The fourth-order valence-electron chi connectivity index (χ4n) is 2.93. The first-order valence-electron chi connectivity index (χ1n) is 9.94. The van der Waals surface area contributed by atoms with Crippen LogP contribution in [0.1, 0.15) is 26.3 Å². The Hall–Kier alpha value is -4.60. The predicted molar refractivity (Wildman–Crippen MR) is 123 cm³/mol. The number of nitrogens with one attached hydrogen (secondary N) is 1. The molecule has 10 heteroatoms. The van der Waals surface area contributed by atoms with Gasteiger partial charge in [-0.25, -0.2) is 10.2 Å². The van der Waals surface area contributed by atoms with Crippen LogP contribution in [-0.4, -0.2) is 51.5 Å². The van der Waals surface area contributed by atoms with Gasteiger partial charge < -0.3 is 23.7 Å². The van der Waals surface area contributed by atoms with Gasteiger partial charge in [-0.2, -0.15) is 5.10 Å². The van der Waals surface area contributed by atoms with Crippen molar-refractivity contribution in [2.45, 2.75) is 0 Å². The van der Waals surface area contributed by atoms with Crippen LogP contribution in [0.15, 0.2) is 60.0 Å². The van der Waals surface area contributed by atoms with E-state index in [0.717, 1.165) is 0 Å². The van der Waals surface area contributed by atoms with Crippen molar-refractivity contribution in [3.63, 3.8) is 0 Å². The number of hydrazone groups is 1. The van der Waals surface area contributed by atoms with Crippen molar-refractivity contribution in [3.8, 4) is 28.7 Å². The molecule has 3 aromatic rings. The number of hydrogen-bond donors (Lipinski definition) is 1. The van der Waals surface area contributed by atoms with Gasteiger partial charge in [0, 0.05) is 18.0 Å². The summed E-state index contributed by atoms with van der Waals surface area (Å²) in [5.41, 5.74) is 3.61. The minimum absolute atomic E-state index is 0.231. The predicted octanol–water partition coefficient (Wildman–Crippen LogP) is 3.10. The Morgan fingerprint density at radius 1 is 0.853 bits per heavy atom. The van der Waals surface area contributed by atoms with Gasteiger partial charge in [0.25, 0.3) is 5.91 Å². The SMILES string of the molecule is COc1cc(C=NNC(=O)c2cc(OC)c(OC)c(OC)c2)ccc1OC(=O)c1cccnc1. The summed E-state index contributed by atoms with van der Waals surface area (Å²) in [5.74, 6) is 0.567. The summed E-state index contributed by atoms with van der Waals surface area (Å²) in [4.78, 5) is 28.7. The maximum Gasteiger partial charge on any atom is 0.345 e. The number of amides is 1. The maximum atomic E-state index is 12.5. The summed E-state index contributed by atoms with van der Waals surface area (Å²) in [7, 11) is 5.85. The van der Waals surface area contributed by atoms with Gasteiger partial charge in [0.2, 0.25) is 5.75 Å². The number of methoxy groups -OCH3 is 4. The highest BCUT2D eigenvalue weighted by Gasteiger charge is 2.17. The lowest BCUT2D eigenvalue weighted by molar-refractivity contribution is 0.0729. The van der Waals surface area contributed by atoms with Crippen LogP contribution < -0.4 is 29.1 Å². The van der Waals surface area contributed by atoms with Crippen molar-refractivity contribution in [1.29, 1.82) is 0 Å². The second-order valence-corrected chi connectivity index (χ2v) is 6.65. The van der Waals surface area contributed by atoms with E-state index in [4.69, 9.17) is 23.7 Å². The molecule has 0 aliphatic rings. The largest absolute Gasteiger partial charge is 0.493 e. The van der Waals surface area contributed by atoms with Gasteiger partial charge in [-0.05, 0) is 48.0 Å². The molecule has 34 heavy (non-hydrogen) atoms. The van der Waals surface area contributed by atoms with E-state index < -0.39 is 11.9 Å². The molecule has 0 radical (unpaired) electrons. The molecule has 2 aromatic carbocycles. The van der Waals surface area contributed by atoms with Crippen molar-refractivity contribution >= 4 is 18.1 Å². The number of pyridine rings is 1. The average molecular weight is 465 g/mol. The maximum absolute atomic E-state index is 12.5. The molecule has 0 bridgehead atoms. The van der Waals surface area contributed by atoms with E-state index in [2.05, 4.69) is 15.5 Å². The molecule has 0 saturated heterocycles. The number of aromatic nitrogens is 1. The molecule has 1 aromatic heterocycles. The van der Waals surface area contributed by atoms with Gasteiger partial charge in [-0.15, -0.1) is 0 Å². The van der Waals surface area contributed by atoms with Gasteiger partial charge in [0.05, 0.1) is 40.2 Å². The zero-order valence-electron chi connectivity index (χ0n) is 19.0. The van der Waals surface area contributed by atoms with Gasteiger partial charge in [-0.1, -0.05) is 0 Å². The standard InChI is InChI=1S/C24H23N3O7/c1-30-19-10-15(7-8-18(19)34-24(29)16-6-5-9-25-14-16)13-26-27-23(28)17-11-20(31-2)22(33-4)21(12-17)32-3/h5-14H,1-4H3,(H,27,28). The summed E-state index contributed by atoms with van der Waals surface area (Å²) in [6, 6.07) is 11.1. The van der Waals surface area contributed by atoms with Crippen molar-refractivity contribution in [1.82, 2.24) is 10.4 Å². The van der Waals surface area contributed by atoms with Crippen LogP contribution in [-0.2, 0) is 0 Å². The molecule has 0 saturated carbocycles. The quantitative estimate of drug-likeness (QED) is 0.222. The van der Waals surface area contributed by atoms with E-state index in [1.165, 1.54) is 53.0 Å². The first-order valence-corrected chi connectivity index (χ1v) is 9.94. The molecule has 10 nitrogen and oxygen atoms in total. The Morgan fingerprint density at radius 2 is 1.56 bits per heavy atom. The number of carbonyl (C=O) groups is 2. The molecule has 0 aliphatic heterocycles. The normalized spacial score (nSPS) is 10.5. The monoisotopic (exact) mass is 465 g/mol. The van der Waals surface area contributed by atoms with Crippen LogP contribution >= 0.6 is 0 Å². The van der Waals surface area contributed by atoms with Crippen LogP contribution in [0.25, 0.3) is 0 Å². The summed E-state index contributed by atoms with van der Waals surface area (Å²) in [5, 5.41) is 3.98. The molecule has 176 valence electrons. The van der Waals surface area contributed by atoms with E-state index in [1.807, 2.05) is 0 Å². The lowest BCUT2D eigenvalue weighted by Gasteiger charge is -2.13.